The number of ether oxygens (including phenoxy) is 1. The molecule has 0 radical (unpaired) electrons. The van der Waals surface area contributed by atoms with Gasteiger partial charge in [0.05, 0.1) is 16.4 Å². The lowest BCUT2D eigenvalue weighted by molar-refractivity contribution is -0.186. The van der Waals surface area contributed by atoms with Crippen molar-refractivity contribution in [2.24, 2.45) is 10.8 Å². The molecule has 3 rings (SSSR count). The number of cyclic esters (lactones) is 2. The van der Waals surface area contributed by atoms with Gasteiger partial charge in [-0.05, 0) is 62.6 Å². The van der Waals surface area contributed by atoms with Crippen LogP contribution in [0.1, 0.15) is 44.7 Å². The highest BCUT2D eigenvalue weighted by molar-refractivity contribution is 6.30. The van der Waals surface area contributed by atoms with Crippen molar-refractivity contribution in [1.29, 1.82) is 0 Å². The van der Waals surface area contributed by atoms with Gasteiger partial charge in [-0.2, -0.15) is 13.2 Å². The van der Waals surface area contributed by atoms with E-state index in [0.29, 0.717) is 16.1 Å². The fourth-order valence-electron chi connectivity index (χ4n) is 4.14. The maximum Gasteiger partial charge on any atom is 0.416 e. The fraction of sp³-hybridized carbons (Fsp3) is 0.364. The van der Waals surface area contributed by atoms with E-state index in [4.69, 9.17) is 16.3 Å². The molecule has 0 aliphatic carbocycles. The number of carbonyl (C=O) groups is 2. The van der Waals surface area contributed by atoms with Gasteiger partial charge in [0.15, 0.2) is 0 Å². The zero-order valence-electron chi connectivity index (χ0n) is 16.4. The van der Waals surface area contributed by atoms with E-state index < -0.39 is 40.4 Å². The van der Waals surface area contributed by atoms with Gasteiger partial charge in [0, 0.05) is 10.9 Å². The van der Waals surface area contributed by atoms with Gasteiger partial charge in [0.2, 0.25) is 0 Å². The zero-order valence-corrected chi connectivity index (χ0v) is 17.1. The summed E-state index contributed by atoms with van der Waals surface area (Å²) in [5.41, 5.74) is -2.45. The van der Waals surface area contributed by atoms with Gasteiger partial charge in [0.25, 0.3) is 0 Å². The van der Waals surface area contributed by atoms with Crippen LogP contribution in [0, 0.1) is 10.8 Å². The minimum Gasteiger partial charge on any atom is -0.392 e. The Morgan fingerprint density at radius 2 is 1.34 bits per heavy atom. The quantitative estimate of drug-likeness (QED) is 0.423. The average Bonchev–Trinajstić information content (AvgIpc) is 2.60. The Hall–Kier alpha value is -2.34. The summed E-state index contributed by atoms with van der Waals surface area (Å²) in [6.45, 7) is 6.01. The summed E-state index contributed by atoms with van der Waals surface area (Å²) in [6.07, 6.45) is -4.65. The number of rotatable bonds is 2. The van der Waals surface area contributed by atoms with Gasteiger partial charge in [-0.1, -0.05) is 35.9 Å². The Labute approximate surface area is 171 Å². The number of benzene rings is 2. The van der Waals surface area contributed by atoms with E-state index in [2.05, 4.69) is 0 Å². The highest BCUT2D eigenvalue weighted by atomic mass is 35.5. The highest BCUT2D eigenvalue weighted by Gasteiger charge is 2.58. The van der Waals surface area contributed by atoms with Gasteiger partial charge in [-0.3, -0.25) is 9.59 Å². The van der Waals surface area contributed by atoms with E-state index in [0.717, 1.165) is 6.07 Å². The second kappa shape index (κ2) is 6.87. The number of carbonyl (C=O) groups excluding carboxylic acids is 2. The third kappa shape index (κ3) is 3.66. The second-order valence-corrected chi connectivity index (χ2v) is 8.80. The third-order valence-corrected chi connectivity index (χ3v) is 5.78. The van der Waals surface area contributed by atoms with Crippen LogP contribution in [-0.4, -0.2) is 11.9 Å². The van der Waals surface area contributed by atoms with Gasteiger partial charge in [-0.25, -0.2) is 0 Å². The van der Waals surface area contributed by atoms with Crippen molar-refractivity contribution in [3.05, 3.63) is 58.6 Å². The maximum absolute atomic E-state index is 13.9. The predicted molar refractivity (Wildman–Crippen MR) is 103 cm³/mol. The van der Waals surface area contributed by atoms with Crippen molar-refractivity contribution in [2.45, 2.75) is 39.8 Å². The lowest BCUT2D eigenvalue weighted by Crippen LogP contribution is -2.52. The molecular formula is C22H20ClF3O3. The molecular weight excluding hydrogens is 405 g/mol. The molecule has 2 aromatic carbocycles. The van der Waals surface area contributed by atoms with Crippen molar-refractivity contribution in [2.75, 3.05) is 0 Å². The Balaban J connectivity index is 2.29. The molecule has 0 saturated carbocycles. The topological polar surface area (TPSA) is 43.4 Å². The van der Waals surface area contributed by atoms with Crippen LogP contribution in [0.4, 0.5) is 13.2 Å². The van der Waals surface area contributed by atoms with E-state index in [1.807, 2.05) is 0 Å². The summed E-state index contributed by atoms with van der Waals surface area (Å²) in [6, 6.07) is 10.5. The van der Waals surface area contributed by atoms with Crippen LogP contribution in [0.5, 0.6) is 0 Å². The van der Waals surface area contributed by atoms with Crippen LogP contribution in [0.15, 0.2) is 42.5 Å². The minimum absolute atomic E-state index is 0.107. The molecule has 1 aliphatic rings. The first-order valence-corrected chi connectivity index (χ1v) is 9.38. The molecule has 0 amide bonds. The number of halogens is 4. The molecule has 3 nitrogen and oxygen atoms in total. The zero-order chi connectivity index (χ0) is 21.8. The van der Waals surface area contributed by atoms with Crippen molar-refractivity contribution >= 4 is 23.5 Å². The van der Waals surface area contributed by atoms with E-state index in [-0.39, 0.29) is 5.56 Å². The number of hydrogen-bond acceptors (Lipinski definition) is 3. The predicted octanol–water partition coefficient (Wildman–Crippen LogP) is 6.25. The molecule has 0 N–H and O–H groups in total. The Morgan fingerprint density at radius 3 is 1.83 bits per heavy atom. The molecule has 1 fully saturated rings. The molecule has 1 aliphatic heterocycles. The number of esters is 2. The molecule has 0 aromatic heterocycles. The molecule has 0 bridgehead atoms. The summed E-state index contributed by atoms with van der Waals surface area (Å²) in [4.78, 5) is 24.8. The first kappa shape index (κ1) is 21.4. The standard InChI is InChI=1S/C22H20ClF3O3/c1-20(2)17(21(3,4)19(28)29-18(20)27)15-11-13(7-10-16(15)22(24,25)26)12-5-8-14(23)9-6-12/h5-11,17H,1-4H3. The summed E-state index contributed by atoms with van der Waals surface area (Å²) >= 11 is 5.91. The molecule has 0 unspecified atom stereocenters. The molecule has 1 heterocycles. The lowest BCUT2D eigenvalue weighted by atomic mass is 9.59. The number of hydrogen-bond donors (Lipinski definition) is 0. The summed E-state index contributed by atoms with van der Waals surface area (Å²) in [5.74, 6) is -2.71. The molecule has 7 heteroatoms. The lowest BCUT2D eigenvalue weighted by Gasteiger charge is -2.46. The van der Waals surface area contributed by atoms with Gasteiger partial charge >= 0.3 is 18.1 Å². The van der Waals surface area contributed by atoms with Crippen LogP contribution in [-0.2, 0) is 20.5 Å². The van der Waals surface area contributed by atoms with E-state index in [1.54, 1.807) is 24.3 Å². The first-order valence-electron chi connectivity index (χ1n) is 9.00. The SMILES string of the molecule is CC1(C)C(=O)OC(=O)C(C)(C)C1c1cc(-c2ccc(Cl)cc2)ccc1C(F)(F)F. The van der Waals surface area contributed by atoms with Crippen LogP contribution in [0.2, 0.25) is 5.02 Å². The Bertz CT molecular complexity index is 950. The molecule has 1 saturated heterocycles. The monoisotopic (exact) mass is 424 g/mol. The highest BCUT2D eigenvalue weighted by Crippen LogP contribution is 2.55. The number of alkyl halides is 3. The van der Waals surface area contributed by atoms with Gasteiger partial charge in [-0.15, -0.1) is 0 Å². The molecule has 0 spiro atoms. The first-order chi connectivity index (χ1) is 13.3. The Morgan fingerprint density at radius 1 is 0.862 bits per heavy atom. The smallest absolute Gasteiger partial charge is 0.392 e. The van der Waals surface area contributed by atoms with E-state index >= 15 is 0 Å². The van der Waals surface area contributed by atoms with Crippen molar-refractivity contribution in [3.8, 4) is 11.1 Å². The molecule has 29 heavy (non-hydrogen) atoms. The maximum atomic E-state index is 13.9. The largest absolute Gasteiger partial charge is 0.416 e. The molecule has 0 atom stereocenters. The van der Waals surface area contributed by atoms with Crippen molar-refractivity contribution in [3.63, 3.8) is 0 Å². The average molecular weight is 425 g/mol. The summed E-state index contributed by atoms with van der Waals surface area (Å²) in [5, 5.41) is 0.503. The summed E-state index contributed by atoms with van der Waals surface area (Å²) < 4.78 is 46.5. The van der Waals surface area contributed by atoms with Crippen molar-refractivity contribution in [1.82, 2.24) is 0 Å². The van der Waals surface area contributed by atoms with Crippen LogP contribution in [0.25, 0.3) is 11.1 Å². The minimum atomic E-state index is -4.65. The molecule has 154 valence electrons. The normalized spacial score (nSPS) is 19.2. The van der Waals surface area contributed by atoms with Crippen molar-refractivity contribution < 1.29 is 27.5 Å². The fourth-order valence-corrected chi connectivity index (χ4v) is 4.27. The van der Waals surface area contributed by atoms with Gasteiger partial charge < -0.3 is 4.74 Å². The second-order valence-electron chi connectivity index (χ2n) is 8.36. The summed E-state index contributed by atoms with van der Waals surface area (Å²) in [7, 11) is 0. The van der Waals surface area contributed by atoms with Crippen LogP contribution < -0.4 is 0 Å². The Kier molecular flexibility index (Phi) is 5.06. The van der Waals surface area contributed by atoms with Crippen LogP contribution >= 0.6 is 11.6 Å². The van der Waals surface area contributed by atoms with E-state index in [1.165, 1.54) is 39.8 Å². The van der Waals surface area contributed by atoms with Gasteiger partial charge in [0.1, 0.15) is 0 Å². The third-order valence-electron chi connectivity index (χ3n) is 5.53. The van der Waals surface area contributed by atoms with E-state index in [9.17, 15) is 22.8 Å². The molecule has 2 aromatic rings. The van der Waals surface area contributed by atoms with Crippen LogP contribution in [0.3, 0.4) is 0 Å².